The Morgan fingerprint density at radius 1 is 1.30 bits per heavy atom. The van der Waals surface area contributed by atoms with Crippen molar-refractivity contribution in [1.82, 2.24) is 4.72 Å². The van der Waals surface area contributed by atoms with E-state index in [1.165, 1.54) is 0 Å². The van der Waals surface area contributed by atoms with E-state index in [-0.39, 0.29) is 0 Å². The third-order valence-electron chi connectivity index (χ3n) is 2.29. The van der Waals surface area contributed by atoms with Crippen LogP contribution in [-0.4, -0.2) is 32.1 Å². The number of nitrogens with two attached hydrogens (primary N) is 1. The van der Waals surface area contributed by atoms with Gasteiger partial charge < -0.3 is 10.8 Å². The highest BCUT2D eigenvalue weighted by molar-refractivity contribution is 7.89. The van der Waals surface area contributed by atoms with E-state index in [2.05, 4.69) is 0 Å². The SMILES string of the molecule is NC(=O)C(O)CNS(=O)(=O)c1ccc(C(F)(F)F)cc1. The van der Waals surface area contributed by atoms with E-state index in [1.54, 1.807) is 0 Å². The molecule has 0 fully saturated rings. The third kappa shape index (κ3) is 4.18. The molecule has 1 rings (SSSR count). The van der Waals surface area contributed by atoms with Crippen molar-refractivity contribution in [1.29, 1.82) is 0 Å². The molecule has 1 atom stereocenters. The van der Waals surface area contributed by atoms with Gasteiger partial charge in [-0.2, -0.15) is 13.2 Å². The van der Waals surface area contributed by atoms with Crippen LogP contribution in [0.2, 0.25) is 0 Å². The van der Waals surface area contributed by atoms with Gasteiger partial charge in [-0.3, -0.25) is 4.79 Å². The first-order chi connectivity index (χ1) is 9.04. The summed E-state index contributed by atoms with van der Waals surface area (Å²) in [6.45, 7) is -0.668. The van der Waals surface area contributed by atoms with Crippen LogP contribution in [0.3, 0.4) is 0 Å². The number of hydrogen-bond donors (Lipinski definition) is 3. The van der Waals surface area contributed by atoms with Crippen molar-refractivity contribution in [2.24, 2.45) is 5.73 Å². The van der Waals surface area contributed by atoms with Crippen molar-refractivity contribution in [3.8, 4) is 0 Å². The molecule has 0 saturated heterocycles. The van der Waals surface area contributed by atoms with Crippen LogP contribution >= 0.6 is 0 Å². The molecule has 0 aliphatic rings. The van der Waals surface area contributed by atoms with Gasteiger partial charge in [0, 0.05) is 6.54 Å². The monoisotopic (exact) mass is 312 g/mol. The fraction of sp³-hybridized carbons (Fsp3) is 0.300. The lowest BCUT2D eigenvalue weighted by molar-refractivity contribution is -0.137. The second kappa shape index (κ2) is 5.77. The van der Waals surface area contributed by atoms with Gasteiger partial charge in [-0.25, -0.2) is 13.1 Å². The standard InChI is InChI=1S/C10H11F3N2O4S/c11-10(12,13)6-1-3-7(4-2-6)20(18,19)15-5-8(16)9(14)17/h1-4,8,15-16H,5H2,(H2,14,17). The van der Waals surface area contributed by atoms with Crippen molar-refractivity contribution < 1.29 is 31.5 Å². The number of aliphatic hydroxyl groups is 1. The van der Waals surface area contributed by atoms with Crippen LogP contribution in [0.15, 0.2) is 29.2 Å². The first-order valence-corrected chi connectivity index (χ1v) is 6.66. The van der Waals surface area contributed by atoms with Crippen LogP contribution in [0.1, 0.15) is 5.56 Å². The van der Waals surface area contributed by atoms with Crippen LogP contribution in [0, 0.1) is 0 Å². The van der Waals surface area contributed by atoms with Gasteiger partial charge >= 0.3 is 6.18 Å². The van der Waals surface area contributed by atoms with Gasteiger partial charge in [0.2, 0.25) is 15.9 Å². The van der Waals surface area contributed by atoms with Crippen molar-refractivity contribution in [2.45, 2.75) is 17.2 Å². The summed E-state index contributed by atoms with van der Waals surface area (Å²) < 4.78 is 62.1. The maximum atomic E-state index is 12.3. The highest BCUT2D eigenvalue weighted by Crippen LogP contribution is 2.29. The van der Waals surface area contributed by atoms with Gasteiger partial charge in [-0.1, -0.05) is 0 Å². The highest BCUT2D eigenvalue weighted by atomic mass is 32.2. The second-order valence-corrected chi connectivity index (χ2v) is 5.56. The summed E-state index contributed by atoms with van der Waals surface area (Å²) in [6.07, 6.45) is -6.29. The average Bonchev–Trinajstić information content (AvgIpc) is 2.35. The molecule has 0 spiro atoms. The van der Waals surface area contributed by atoms with E-state index in [1.807, 2.05) is 4.72 Å². The summed E-state index contributed by atoms with van der Waals surface area (Å²) in [6, 6.07) is 2.75. The fourth-order valence-electron chi connectivity index (χ4n) is 1.20. The summed E-state index contributed by atoms with van der Waals surface area (Å²) >= 11 is 0. The van der Waals surface area contributed by atoms with Gasteiger partial charge in [0.05, 0.1) is 10.5 Å². The molecule has 20 heavy (non-hydrogen) atoms. The number of halogens is 3. The lowest BCUT2D eigenvalue weighted by Crippen LogP contribution is -2.39. The van der Waals surface area contributed by atoms with Crippen molar-refractivity contribution >= 4 is 15.9 Å². The Bertz CT molecular complexity index is 584. The smallest absolute Gasteiger partial charge is 0.382 e. The Hall–Kier alpha value is -1.65. The van der Waals surface area contributed by atoms with Crippen molar-refractivity contribution in [3.63, 3.8) is 0 Å². The number of primary amides is 1. The Labute approximate surface area is 112 Å². The third-order valence-corrected chi connectivity index (χ3v) is 3.73. The van der Waals surface area contributed by atoms with Crippen LogP contribution in [0.4, 0.5) is 13.2 Å². The van der Waals surface area contributed by atoms with Crippen LogP contribution in [0.5, 0.6) is 0 Å². The maximum Gasteiger partial charge on any atom is 0.416 e. The minimum absolute atomic E-state index is 0.429. The molecule has 0 heterocycles. The first kappa shape index (κ1) is 16.4. The van der Waals surface area contributed by atoms with Crippen molar-refractivity contribution in [2.75, 3.05) is 6.54 Å². The molecule has 0 aliphatic heterocycles. The molecule has 1 amide bonds. The highest BCUT2D eigenvalue weighted by Gasteiger charge is 2.30. The number of benzene rings is 1. The van der Waals surface area contributed by atoms with Crippen LogP contribution in [-0.2, 0) is 21.0 Å². The number of aliphatic hydroxyl groups excluding tert-OH is 1. The van der Waals surface area contributed by atoms with Gasteiger partial charge in [0.1, 0.15) is 6.10 Å². The lowest BCUT2D eigenvalue weighted by atomic mass is 10.2. The van der Waals surface area contributed by atoms with E-state index >= 15 is 0 Å². The minimum Gasteiger partial charge on any atom is -0.382 e. The molecular weight excluding hydrogens is 301 g/mol. The first-order valence-electron chi connectivity index (χ1n) is 5.18. The van der Waals surface area contributed by atoms with Crippen LogP contribution < -0.4 is 10.5 Å². The summed E-state index contributed by atoms with van der Waals surface area (Å²) in [4.78, 5) is 10.1. The summed E-state index contributed by atoms with van der Waals surface area (Å²) in [5.74, 6) is -1.12. The number of carbonyl (C=O) groups is 1. The second-order valence-electron chi connectivity index (χ2n) is 3.79. The number of alkyl halides is 3. The van der Waals surface area contributed by atoms with Crippen LogP contribution in [0.25, 0.3) is 0 Å². The molecule has 1 aromatic rings. The van der Waals surface area contributed by atoms with Gasteiger partial charge in [-0.15, -0.1) is 0 Å². The molecule has 0 aliphatic carbocycles. The molecule has 6 nitrogen and oxygen atoms in total. The minimum atomic E-state index is -4.57. The predicted molar refractivity (Wildman–Crippen MR) is 61.8 cm³/mol. The quantitative estimate of drug-likeness (QED) is 0.701. The molecule has 10 heteroatoms. The molecule has 1 aromatic carbocycles. The topological polar surface area (TPSA) is 109 Å². The summed E-state index contributed by atoms with van der Waals surface area (Å²) in [5, 5.41) is 9.04. The van der Waals surface area contributed by atoms with Gasteiger partial charge in [0.25, 0.3) is 0 Å². The number of sulfonamides is 1. The van der Waals surface area contributed by atoms with Crippen molar-refractivity contribution in [3.05, 3.63) is 29.8 Å². The van der Waals surface area contributed by atoms with E-state index < -0.39 is 45.2 Å². The zero-order chi connectivity index (χ0) is 15.6. The zero-order valence-electron chi connectivity index (χ0n) is 9.89. The van der Waals surface area contributed by atoms with Gasteiger partial charge in [0.15, 0.2) is 0 Å². The molecule has 4 N–H and O–H groups in total. The Balaban J connectivity index is 2.86. The molecule has 0 saturated carbocycles. The van der Waals surface area contributed by atoms with E-state index in [0.717, 1.165) is 12.1 Å². The summed E-state index contributed by atoms with van der Waals surface area (Å²) in [7, 11) is -4.14. The van der Waals surface area contributed by atoms with E-state index in [9.17, 15) is 26.4 Å². The largest absolute Gasteiger partial charge is 0.416 e. The lowest BCUT2D eigenvalue weighted by Gasteiger charge is -2.10. The van der Waals surface area contributed by atoms with E-state index in [4.69, 9.17) is 10.8 Å². The zero-order valence-corrected chi connectivity index (χ0v) is 10.7. The number of rotatable bonds is 5. The number of amides is 1. The molecule has 0 bridgehead atoms. The average molecular weight is 312 g/mol. The fourth-order valence-corrected chi connectivity index (χ4v) is 2.23. The predicted octanol–water partition coefficient (Wildman–Crippen LogP) is -0.170. The Morgan fingerprint density at radius 2 is 1.80 bits per heavy atom. The van der Waals surface area contributed by atoms with E-state index in [0.29, 0.717) is 12.1 Å². The number of carbonyl (C=O) groups excluding carboxylic acids is 1. The molecule has 112 valence electrons. The number of nitrogens with one attached hydrogen (secondary N) is 1. The Kier molecular flexibility index (Phi) is 4.73. The molecular formula is C10H11F3N2O4S. The normalized spacial score (nSPS) is 14.0. The maximum absolute atomic E-state index is 12.3. The summed E-state index contributed by atoms with van der Waals surface area (Å²) in [5.41, 5.74) is 3.73. The number of hydrogen-bond acceptors (Lipinski definition) is 4. The molecule has 0 aromatic heterocycles. The Morgan fingerprint density at radius 3 is 2.20 bits per heavy atom. The molecule has 1 unspecified atom stereocenters. The molecule has 0 radical (unpaired) electrons. The van der Waals surface area contributed by atoms with Gasteiger partial charge in [-0.05, 0) is 24.3 Å².